The topological polar surface area (TPSA) is 66.8 Å². The van der Waals surface area contributed by atoms with E-state index in [0.717, 1.165) is 11.1 Å². The second-order valence-electron chi connectivity index (χ2n) is 5.70. The zero-order valence-electron chi connectivity index (χ0n) is 14.5. The average Bonchev–Trinajstić information content (AvgIpc) is 2.60. The van der Waals surface area contributed by atoms with Crippen molar-refractivity contribution in [2.24, 2.45) is 0 Å². The molecule has 0 saturated carbocycles. The average molecular weight is 332 g/mol. The zero-order chi connectivity index (χ0) is 17.8. The highest BCUT2D eigenvalue weighted by molar-refractivity contribution is 5.69. The molecule has 1 aromatic carbocycles. The Hall–Kier alpha value is -1.91. The van der Waals surface area contributed by atoms with Crippen molar-refractivity contribution < 1.29 is 19.7 Å². The van der Waals surface area contributed by atoms with Crippen LogP contribution in [0.25, 0.3) is 6.08 Å². The van der Waals surface area contributed by atoms with Crippen LogP contribution in [0.15, 0.2) is 42.5 Å². The van der Waals surface area contributed by atoms with E-state index >= 15 is 0 Å². The molecule has 24 heavy (non-hydrogen) atoms. The van der Waals surface area contributed by atoms with Crippen molar-refractivity contribution in [1.82, 2.24) is 0 Å². The van der Waals surface area contributed by atoms with E-state index in [2.05, 4.69) is 4.74 Å². The highest BCUT2D eigenvalue weighted by Crippen LogP contribution is 2.13. The predicted molar refractivity (Wildman–Crippen MR) is 96.5 cm³/mol. The molecule has 0 unspecified atom stereocenters. The molecule has 0 amide bonds. The van der Waals surface area contributed by atoms with Gasteiger partial charge in [-0.25, -0.2) is 0 Å². The minimum Gasteiger partial charge on any atom is -0.469 e. The number of aliphatic hydroxyl groups is 2. The Labute approximate surface area is 144 Å². The maximum Gasteiger partial charge on any atom is 0.305 e. The summed E-state index contributed by atoms with van der Waals surface area (Å²) >= 11 is 0. The summed E-state index contributed by atoms with van der Waals surface area (Å²) in [6, 6.07) is 7.98. The Kier molecular flexibility index (Phi) is 9.73. The Morgan fingerprint density at radius 2 is 1.96 bits per heavy atom. The first-order valence-corrected chi connectivity index (χ1v) is 8.42. The van der Waals surface area contributed by atoms with Gasteiger partial charge in [0.1, 0.15) is 0 Å². The molecule has 0 aliphatic carbocycles. The molecule has 0 heterocycles. The molecule has 0 aliphatic heterocycles. The van der Waals surface area contributed by atoms with E-state index in [1.165, 1.54) is 7.11 Å². The third-order valence-electron chi connectivity index (χ3n) is 3.78. The number of allylic oxidation sites excluding steroid dienone is 1. The van der Waals surface area contributed by atoms with Crippen molar-refractivity contribution in [3.63, 3.8) is 0 Å². The maximum atomic E-state index is 11.0. The lowest BCUT2D eigenvalue weighted by Crippen LogP contribution is -2.05. The highest BCUT2D eigenvalue weighted by atomic mass is 16.5. The van der Waals surface area contributed by atoms with Crippen LogP contribution in [0.2, 0.25) is 0 Å². The van der Waals surface area contributed by atoms with Crippen LogP contribution in [0, 0.1) is 0 Å². The predicted octanol–water partition coefficient (Wildman–Crippen LogP) is 3.27. The largest absolute Gasteiger partial charge is 0.469 e. The van der Waals surface area contributed by atoms with Crippen molar-refractivity contribution in [3.8, 4) is 0 Å². The lowest BCUT2D eigenvalue weighted by molar-refractivity contribution is -0.140. The van der Waals surface area contributed by atoms with Crippen molar-refractivity contribution in [2.45, 2.75) is 51.2 Å². The molecule has 2 atom stereocenters. The molecule has 1 rings (SSSR count). The molecule has 0 bridgehead atoms. The van der Waals surface area contributed by atoms with Gasteiger partial charge in [0.05, 0.1) is 19.3 Å². The molecule has 2 N–H and O–H groups in total. The Balaban J connectivity index is 2.51. The minimum absolute atomic E-state index is 0.249. The first-order valence-electron chi connectivity index (χ1n) is 8.42. The van der Waals surface area contributed by atoms with Crippen LogP contribution in [0.3, 0.4) is 0 Å². The van der Waals surface area contributed by atoms with Gasteiger partial charge in [0.15, 0.2) is 0 Å². The van der Waals surface area contributed by atoms with Crippen molar-refractivity contribution in [3.05, 3.63) is 53.6 Å². The van der Waals surface area contributed by atoms with Gasteiger partial charge in [-0.05, 0) is 36.8 Å². The number of carbonyl (C=O) groups is 1. The van der Waals surface area contributed by atoms with Crippen molar-refractivity contribution >= 4 is 12.0 Å². The first kappa shape index (κ1) is 20.1. The van der Waals surface area contributed by atoms with E-state index < -0.39 is 12.2 Å². The van der Waals surface area contributed by atoms with E-state index in [1.54, 1.807) is 12.2 Å². The van der Waals surface area contributed by atoms with E-state index in [1.807, 2.05) is 43.3 Å². The van der Waals surface area contributed by atoms with Crippen LogP contribution < -0.4 is 0 Å². The van der Waals surface area contributed by atoms with E-state index in [0.29, 0.717) is 32.1 Å². The summed E-state index contributed by atoms with van der Waals surface area (Å²) in [5, 5.41) is 19.5. The molecule has 132 valence electrons. The summed E-state index contributed by atoms with van der Waals surface area (Å²) in [5.74, 6) is -0.249. The van der Waals surface area contributed by atoms with Crippen molar-refractivity contribution in [1.29, 1.82) is 0 Å². The second-order valence-corrected chi connectivity index (χ2v) is 5.70. The standard InChI is InChI=1S/C20H28O4/c1-3-18(21)15-14-17-9-5-4-8-16(17)10-6-11-19(22)12-7-13-20(23)24-2/h4-6,8-9,11,14-15,18-19,21-22H,3,7,10,12-13H2,1-2H3/b11-6+,15-14+/t18-,19-/m1/s1. The fourth-order valence-electron chi connectivity index (χ4n) is 2.24. The van der Waals surface area contributed by atoms with Crippen LogP contribution in [0.5, 0.6) is 0 Å². The smallest absolute Gasteiger partial charge is 0.305 e. The molecular weight excluding hydrogens is 304 g/mol. The van der Waals surface area contributed by atoms with Crippen LogP contribution in [0.1, 0.15) is 43.7 Å². The third-order valence-corrected chi connectivity index (χ3v) is 3.78. The number of esters is 1. The Morgan fingerprint density at radius 1 is 1.21 bits per heavy atom. The number of hydrogen-bond acceptors (Lipinski definition) is 4. The van der Waals surface area contributed by atoms with Gasteiger partial charge in [-0.3, -0.25) is 4.79 Å². The highest BCUT2D eigenvalue weighted by Gasteiger charge is 2.04. The summed E-state index contributed by atoms with van der Waals surface area (Å²) < 4.78 is 4.57. The van der Waals surface area contributed by atoms with Gasteiger partial charge in [-0.15, -0.1) is 0 Å². The number of benzene rings is 1. The van der Waals surface area contributed by atoms with Gasteiger partial charge in [-0.2, -0.15) is 0 Å². The zero-order valence-corrected chi connectivity index (χ0v) is 14.5. The number of hydrogen-bond donors (Lipinski definition) is 2. The number of ether oxygens (including phenoxy) is 1. The third kappa shape index (κ3) is 8.09. The number of carbonyl (C=O) groups excluding carboxylic acids is 1. The van der Waals surface area contributed by atoms with Crippen LogP contribution in [0.4, 0.5) is 0 Å². The first-order chi connectivity index (χ1) is 11.6. The normalized spacial score (nSPS) is 14.2. The fourth-order valence-corrected chi connectivity index (χ4v) is 2.24. The molecule has 0 spiro atoms. The van der Waals surface area contributed by atoms with Gasteiger partial charge in [0.2, 0.25) is 0 Å². The molecule has 4 nitrogen and oxygen atoms in total. The van der Waals surface area contributed by atoms with Gasteiger partial charge in [0, 0.05) is 6.42 Å². The molecule has 4 heteroatoms. The molecule has 0 aromatic heterocycles. The molecule has 0 radical (unpaired) electrons. The fraction of sp³-hybridized carbons (Fsp3) is 0.450. The summed E-state index contributed by atoms with van der Waals surface area (Å²) in [6.45, 7) is 1.94. The van der Waals surface area contributed by atoms with E-state index in [-0.39, 0.29) is 5.97 Å². The second kappa shape index (κ2) is 11.6. The molecule has 0 aliphatic rings. The van der Waals surface area contributed by atoms with Gasteiger partial charge in [0.25, 0.3) is 0 Å². The van der Waals surface area contributed by atoms with Gasteiger partial charge < -0.3 is 14.9 Å². The quantitative estimate of drug-likeness (QED) is 0.510. The molecular formula is C20H28O4. The Bertz CT molecular complexity index is 548. The molecule has 0 saturated heterocycles. The summed E-state index contributed by atoms with van der Waals surface area (Å²) in [4.78, 5) is 11.0. The van der Waals surface area contributed by atoms with Gasteiger partial charge in [-0.1, -0.05) is 55.5 Å². The number of rotatable bonds is 10. The van der Waals surface area contributed by atoms with Crippen LogP contribution in [-0.4, -0.2) is 35.5 Å². The minimum atomic E-state index is -0.556. The number of methoxy groups -OCH3 is 1. The summed E-state index contributed by atoms with van der Waals surface area (Å²) in [7, 11) is 1.37. The lowest BCUT2D eigenvalue weighted by atomic mass is 10.0. The van der Waals surface area contributed by atoms with Crippen LogP contribution >= 0.6 is 0 Å². The summed E-state index contributed by atoms with van der Waals surface area (Å²) in [5.41, 5.74) is 2.20. The lowest BCUT2D eigenvalue weighted by Gasteiger charge is -2.06. The van der Waals surface area contributed by atoms with Crippen LogP contribution in [-0.2, 0) is 16.0 Å². The van der Waals surface area contributed by atoms with E-state index in [4.69, 9.17) is 0 Å². The SMILES string of the molecule is CC[C@@H](O)/C=C/c1ccccc1C/C=C/[C@@H](O)CCCC(=O)OC. The Morgan fingerprint density at radius 3 is 2.67 bits per heavy atom. The number of aliphatic hydroxyl groups excluding tert-OH is 2. The molecule has 0 fully saturated rings. The van der Waals surface area contributed by atoms with Crippen molar-refractivity contribution in [2.75, 3.05) is 7.11 Å². The van der Waals surface area contributed by atoms with E-state index in [9.17, 15) is 15.0 Å². The monoisotopic (exact) mass is 332 g/mol. The summed E-state index contributed by atoms with van der Waals surface area (Å²) in [6.07, 6.45) is 9.31. The molecule has 1 aromatic rings. The van der Waals surface area contributed by atoms with Gasteiger partial charge >= 0.3 is 5.97 Å². The maximum absolute atomic E-state index is 11.0.